The van der Waals surface area contributed by atoms with Gasteiger partial charge in [-0.3, -0.25) is 14.9 Å². The molecule has 2 atom stereocenters. The summed E-state index contributed by atoms with van der Waals surface area (Å²) in [5, 5.41) is 13.5. The number of non-ortho nitro benzene ring substituents is 1. The molecule has 1 aliphatic heterocycles. The summed E-state index contributed by atoms with van der Waals surface area (Å²) in [6.45, 7) is 0.925. The Morgan fingerprint density at radius 1 is 1.08 bits per heavy atom. The van der Waals surface area contributed by atoms with E-state index in [1.54, 1.807) is 31.2 Å². The van der Waals surface area contributed by atoms with E-state index in [1.165, 1.54) is 36.0 Å². The number of methoxy groups -OCH3 is 1. The van der Waals surface area contributed by atoms with E-state index in [0.717, 1.165) is 16.1 Å². The number of hydrogen-bond acceptors (Lipinski definition) is 8. The SMILES string of the molecule is CNCCN1C(=O)C(OC(=O)c2ccc([N+](=O)[O-])cc2)C(c2ccc(OC)cc2)Sc2ccccc21. The number of benzene rings is 3. The number of nitro groups is 1. The van der Waals surface area contributed by atoms with Gasteiger partial charge in [0.2, 0.25) is 0 Å². The van der Waals surface area contributed by atoms with Crippen LogP contribution in [0.3, 0.4) is 0 Å². The predicted octanol–water partition coefficient (Wildman–Crippen LogP) is 4.23. The van der Waals surface area contributed by atoms with Gasteiger partial charge in [0.05, 0.1) is 28.5 Å². The van der Waals surface area contributed by atoms with Gasteiger partial charge >= 0.3 is 5.97 Å². The molecule has 0 aliphatic carbocycles. The molecule has 186 valence electrons. The van der Waals surface area contributed by atoms with Gasteiger partial charge in [-0.25, -0.2) is 4.79 Å². The summed E-state index contributed by atoms with van der Waals surface area (Å²) >= 11 is 1.45. The first-order valence-corrected chi connectivity index (χ1v) is 12.1. The van der Waals surface area contributed by atoms with Gasteiger partial charge in [-0.15, -0.1) is 11.8 Å². The van der Waals surface area contributed by atoms with Crippen LogP contribution in [-0.4, -0.2) is 50.2 Å². The van der Waals surface area contributed by atoms with Crippen LogP contribution >= 0.6 is 11.8 Å². The molecule has 1 amide bonds. The topological polar surface area (TPSA) is 111 Å². The molecule has 0 aromatic heterocycles. The number of fused-ring (bicyclic) bond motifs is 1. The highest BCUT2D eigenvalue weighted by molar-refractivity contribution is 7.99. The van der Waals surface area contributed by atoms with Crippen LogP contribution in [0.1, 0.15) is 21.2 Å². The zero-order chi connectivity index (χ0) is 25.7. The number of amides is 1. The first kappa shape index (κ1) is 25.2. The zero-order valence-corrected chi connectivity index (χ0v) is 20.6. The van der Waals surface area contributed by atoms with Crippen LogP contribution in [0.15, 0.2) is 77.7 Å². The lowest BCUT2D eigenvalue weighted by Gasteiger charge is -2.28. The predicted molar refractivity (Wildman–Crippen MR) is 137 cm³/mol. The number of nitro benzene ring substituents is 1. The standard InChI is InChI=1S/C26H25N3O6S/c1-27-15-16-28-21-5-3-4-6-22(21)36-24(17-9-13-20(34-2)14-10-17)23(25(28)30)35-26(31)18-7-11-19(12-8-18)29(32)33/h3-14,23-24,27H,15-16H2,1-2H3. The number of para-hydroxylation sites is 1. The molecule has 0 radical (unpaired) electrons. The third kappa shape index (κ3) is 5.34. The van der Waals surface area contributed by atoms with E-state index in [9.17, 15) is 19.7 Å². The Morgan fingerprint density at radius 2 is 1.78 bits per heavy atom. The van der Waals surface area contributed by atoms with Gasteiger partial charge < -0.3 is 19.7 Å². The lowest BCUT2D eigenvalue weighted by molar-refractivity contribution is -0.384. The lowest BCUT2D eigenvalue weighted by Crippen LogP contribution is -2.45. The maximum Gasteiger partial charge on any atom is 0.338 e. The average Bonchev–Trinajstić information content (AvgIpc) is 3.02. The summed E-state index contributed by atoms with van der Waals surface area (Å²) < 4.78 is 11.1. The van der Waals surface area contributed by atoms with Crippen molar-refractivity contribution >= 4 is 35.0 Å². The second kappa shape index (κ2) is 11.2. The van der Waals surface area contributed by atoms with E-state index < -0.39 is 22.2 Å². The summed E-state index contributed by atoms with van der Waals surface area (Å²) in [6, 6.07) is 20.0. The highest BCUT2D eigenvalue weighted by Gasteiger charge is 2.41. The lowest BCUT2D eigenvalue weighted by atomic mass is 10.1. The second-order valence-corrected chi connectivity index (χ2v) is 9.19. The molecule has 0 saturated heterocycles. The molecule has 9 nitrogen and oxygen atoms in total. The fourth-order valence-electron chi connectivity index (χ4n) is 3.89. The zero-order valence-electron chi connectivity index (χ0n) is 19.7. The third-order valence-electron chi connectivity index (χ3n) is 5.77. The van der Waals surface area contributed by atoms with Crippen molar-refractivity contribution in [2.75, 3.05) is 32.1 Å². The van der Waals surface area contributed by atoms with E-state index in [-0.39, 0.29) is 17.2 Å². The molecule has 0 bridgehead atoms. The van der Waals surface area contributed by atoms with Crippen molar-refractivity contribution in [2.45, 2.75) is 16.2 Å². The molecule has 0 saturated carbocycles. The van der Waals surface area contributed by atoms with Crippen molar-refractivity contribution in [3.8, 4) is 5.75 Å². The van der Waals surface area contributed by atoms with Crippen molar-refractivity contribution in [3.05, 3.63) is 94.0 Å². The molecule has 4 rings (SSSR count). The van der Waals surface area contributed by atoms with Gasteiger partial charge in [-0.1, -0.05) is 24.3 Å². The Hall–Kier alpha value is -3.89. The highest BCUT2D eigenvalue weighted by atomic mass is 32.2. The van der Waals surface area contributed by atoms with Gasteiger partial charge in [-0.2, -0.15) is 0 Å². The number of carbonyl (C=O) groups excluding carboxylic acids is 2. The smallest absolute Gasteiger partial charge is 0.338 e. The van der Waals surface area contributed by atoms with Crippen molar-refractivity contribution < 1.29 is 24.0 Å². The Balaban J connectivity index is 1.74. The van der Waals surface area contributed by atoms with E-state index >= 15 is 0 Å². The summed E-state index contributed by atoms with van der Waals surface area (Å²) in [6.07, 6.45) is -1.14. The second-order valence-electron chi connectivity index (χ2n) is 8.00. The molecule has 3 aromatic carbocycles. The maximum absolute atomic E-state index is 13.9. The van der Waals surface area contributed by atoms with Gasteiger partial charge in [0.25, 0.3) is 11.6 Å². The van der Waals surface area contributed by atoms with E-state index in [1.807, 2.05) is 36.4 Å². The minimum absolute atomic E-state index is 0.121. The minimum Gasteiger partial charge on any atom is -0.497 e. The maximum atomic E-state index is 13.9. The quantitative estimate of drug-likeness (QED) is 0.274. The molecule has 1 heterocycles. The molecule has 10 heteroatoms. The third-order valence-corrected chi connectivity index (χ3v) is 7.14. The highest BCUT2D eigenvalue weighted by Crippen LogP contribution is 2.47. The normalized spacial score (nSPS) is 17.2. The number of hydrogen-bond donors (Lipinski definition) is 1. The van der Waals surface area contributed by atoms with Crippen molar-refractivity contribution in [1.29, 1.82) is 0 Å². The Kier molecular flexibility index (Phi) is 7.87. The average molecular weight is 508 g/mol. The Bertz CT molecular complexity index is 1250. The molecule has 0 fully saturated rings. The molecule has 2 unspecified atom stereocenters. The molecule has 36 heavy (non-hydrogen) atoms. The number of thioether (sulfide) groups is 1. The van der Waals surface area contributed by atoms with Gasteiger partial charge in [0.1, 0.15) is 5.75 Å². The van der Waals surface area contributed by atoms with Crippen molar-refractivity contribution in [1.82, 2.24) is 5.32 Å². The molecule has 3 aromatic rings. The molecule has 0 spiro atoms. The van der Waals surface area contributed by atoms with Gasteiger partial charge in [-0.05, 0) is 49.0 Å². The van der Waals surface area contributed by atoms with Crippen LogP contribution in [0, 0.1) is 10.1 Å². The van der Waals surface area contributed by atoms with Crippen LogP contribution in [-0.2, 0) is 9.53 Å². The molecular formula is C26H25N3O6S. The van der Waals surface area contributed by atoms with Crippen LogP contribution in [0.4, 0.5) is 11.4 Å². The van der Waals surface area contributed by atoms with Crippen LogP contribution in [0.2, 0.25) is 0 Å². The summed E-state index contributed by atoms with van der Waals surface area (Å²) in [4.78, 5) is 40.0. The van der Waals surface area contributed by atoms with Gasteiger partial charge in [0.15, 0.2) is 6.10 Å². The minimum atomic E-state index is -1.14. The van der Waals surface area contributed by atoms with Crippen molar-refractivity contribution in [2.24, 2.45) is 0 Å². The monoisotopic (exact) mass is 507 g/mol. The molecule has 1 aliphatic rings. The number of rotatable bonds is 8. The van der Waals surface area contributed by atoms with Crippen LogP contribution in [0.25, 0.3) is 0 Å². The number of carbonyl (C=O) groups is 2. The summed E-state index contributed by atoms with van der Waals surface area (Å²) in [5.41, 5.74) is 1.52. The fourth-order valence-corrected chi connectivity index (χ4v) is 5.20. The number of nitrogens with zero attached hydrogens (tertiary/aromatic N) is 2. The van der Waals surface area contributed by atoms with E-state index in [4.69, 9.17) is 9.47 Å². The first-order valence-electron chi connectivity index (χ1n) is 11.2. The van der Waals surface area contributed by atoms with Gasteiger partial charge in [0, 0.05) is 30.1 Å². The van der Waals surface area contributed by atoms with Crippen LogP contribution < -0.4 is 15.0 Å². The molecular weight excluding hydrogens is 482 g/mol. The number of nitrogens with one attached hydrogen (secondary N) is 1. The number of likely N-dealkylation sites (N-methyl/N-ethyl adjacent to an activating group) is 1. The summed E-state index contributed by atoms with van der Waals surface area (Å²) in [7, 11) is 3.37. The van der Waals surface area contributed by atoms with Crippen LogP contribution in [0.5, 0.6) is 5.75 Å². The first-order chi connectivity index (χ1) is 17.4. The number of esters is 1. The number of ether oxygens (including phenoxy) is 2. The Morgan fingerprint density at radius 3 is 2.42 bits per heavy atom. The molecule has 1 N–H and O–H groups in total. The Labute approximate surface area is 212 Å². The fraction of sp³-hybridized carbons (Fsp3) is 0.231. The van der Waals surface area contributed by atoms with Crippen molar-refractivity contribution in [3.63, 3.8) is 0 Å². The van der Waals surface area contributed by atoms with E-state index in [2.05, 4.69) is 5.32 Å². The van der Waals surface area contributed by atoms with E-state index in [0.29, 0.717) is 18.8 Å². The summed E-state index contributed by atoms with van der Waals surface area (Å²) in [5.74, 6) is -0.417. The number of anilines is 1. The largest absolute Gasteiger partial charge is 0.497 e.